The van der Waals surface area contributed by atoms with Crippen molar-refractivity contribution in [2.45, 2.75) is 62.7 Å². The van der Waals surface area contributed by atoms with Crippen LogP contribution in [-0.4, -0.2) is 49.3 Å². The molecule has 1 heterocycles. The predicted molar refractivity (Wildman–Crippen MR) is 127 cm³/mol. The molecule has 3 fully saturated rings. The van der Waals surface area contributed by atoms with Gasteiger partial charge in [-0.1, -0.05) is 47.0 Å². The van der Waals surface area contributed by atoms with E-state index in [4.69, 9.17) is 4.74 Å². The van der Waals surface area contributed by atoms with Crippen molar-refractivity contribution in [1.29, 1.82) is 0 Å². The zero-order chi connectivity index (χ0) is 21.5. The Bertz CT molecular complexity index is 880. The number of allylic oxidation sites excluding steroid dienone is 1. The summed E-state index contributed by atoms with van der Waals surface area (Å²) >= 11 is 3.82. The van der Waals surface area contributed by atoms with Gasteiger partial charge >= 0.3 is 6.09 Å². The fraction of sp³-hybridized carbons (Fsp3) is 0.560. The molecular weight excluding hydrogens is 454 g/mol. The second-order valence-corrected chi connectivity index (χ2v) is 10.5. The van der Waals surface area contributed by atoms with Crippen LogP contribution in [0.5, 0.6) is 0 Å². The number of halogens is 1. The number of nitrogens with one attached hydrogen (secondary N) is 1. The van der Waals surface area contributed by atoms with Gasteiger partial charge in [-0.05, 0) is 62.9 Å². The lowest BCUT2D eigenvalue weighted by atomic mass is 9.85. The molecule has 0 bridgehead atoms. The van der Waals surface area contributed by atoms with Crippen molar-refractivity contribution in [3.8, 4) is 0 Å². The normalized spacial score (nSPS) is 32.9. The van der Waals surface area contributed by atoms with E-state index in [2.05, 4.69) is 39.3 Å². The average Bonchev–Trinajstić information content (AvgIpc) is 3.48. The van der Waals surface area contributed by atoms with Gasteiger partial charge in [0.15, 0.2) is 0 Å². The molecule has 5 rings (SSSR count). The van der Waals surface area contributed by atoms with E-state index in [9.17, 15) is 4.79 Å². The molecule has 0 spiro atoms. The van der Waals surface area contributed by atoms with Crippen LogP contribution in [0, 0.1) is 11.8 Å². The summed E-state index contributed by atoms with van der Waals surface area (Å²) in [7, 11) is 4.01. The quantitative estimate of drug-likeness (QED) is 0.648. The van der Waals surface area contributed by atoms with E-state index in [0.717, 1.165) is 10.2 Å². The van der Waals surface area contributed by atoms with E-state index in [1.807, 2.05) is 36.4 Å². The van der Waals surface area contributed by atoms with Crippen LogP contribution in [0.4, 0.5) is 10.5 Å². The van der Waals surface area contributed by atoms with Crippen LogP contribution in [0.3, 0.4) is 0 Å². The van der Waals surface area contributed by atoms with Crippen molar-refractivity contribution in [2.75, 3.05) is 19.0 Å². The maximum absolute atomic E-state index is 12.7. The first-order valence-electron chi connectivity index (χ1n) is 11.6. The third kappa shape index (κ3) is 3.98. The molecule has 2 saturated carbocycles. The molecule has 166 valence electrons. The molecule has 1 N–H and O–H groups in total. The number of ether oxygens (including phenoxy) is 1. The highest BCUT2D eigenvalue weighted by Gasteiger charge is 2.54. The van der Waals surface area contributed by atoms with Gasteiger partial charge in [-0.3, -0.25) is 9.80 Å². The minimum Gasteiger partial charge on any atom is -0.410 e. The number of carbonyl (C=O) groups excluding carboxylic acids is 1. The van der Waals surface area contributed by atoms with Crippen molar-refractivity contribution in [3.05, 3.63) is 52.7 Å². The summed E-state index contributed by atoms with van der Waals surface area (Å²) < 4.78 is 6.92. The number of likely N-dealkylation sites (tertiary alicyclic amines) is 1. The zero-order valence-corrected chi connectivity index (χ0v) is 19.9. The summed E-state index contributed by atoms with van der Waals surface area (Å²) in [5, 5.41) is 3.99. The first-order chi connectivity index (χ1) is 15.0. The standard InChI is InChI=1S/C25H32BrN3O2/c1-28(17-10-4-3-5-11-17)25(30)31-18-14-20-19-12-13-22(27-16-8-6-7-9-16)24(19)29(2)23(20)21(26)15-18/h3-5,10-11,14-16,19-20,22-24,27H,6-9,12-13H2,1-2H3. The Morgan fingerprint density at radius 3 is 2.65 bits per heavy atom. The largest absolute Gasteiger partial charge is 0.419 e. The molecule has 5 nitrogen and oxygen atoms in total. The molecule has 4 aliphatic rings. The van der Waals surface area contributed by atoms with E-state index in [-0.39, 0.29) is 6.09 Å². The van der Waals surface area contributed by atoms with Crippen LogP contribution >= 0.6 is 15.9 Å². The molecule has 1 saturated heterocycles. The fourth-order valence-corrected chi connectivity index (χ4v) is 7.18. The molecule has 1 amide bonds. The fourth-order valence-electron chi connectivity index (χ4n) is 6.33. The first-order valence-corrected chi connectivity index (χ1v) is 12.4. The highest BCUT2D eigenvalue weighted by molar-refractivity contribution is 9.11. The van der Waals surface area contributed by atoms with Gasteiger partial charge in [-0.15, -0.1) is 0 Å². The lowest BCUT2D eigenvalue weighted by molar-refractivity contribution is 0.185. The van der Waals surface area contributed by atoms with Crippen LogP contribution in [-0.2, 0) is 4.74 Å². The van der Waals surface area contributed by atoms with Gasteiger partial charge in [-0.2, -0.15) is 0 Å². The summed E-state index contributed by atoms with van der Waals surface area (Å²) in [5.74, 6) is 1.62. The summed E-state index contributed by atoms with van der Waals surface area (Å²) in [4.78, 5) is 16.9. The van der Waals surface area contributed by atoms with Crippen molar-refractivity contribution in [3.63, 3.8) is 0 Å². The van der Waals surface area contributed by atoms with Crippen LogP contribution in [0.1, 0.15) is 38.5 Å². The molecule has 5 atom stereocenters. The van der Waals surface area contributed by atoms with Crippen molar-refractivity contribution in [2.24, 2.45) is 11.8 Å². The van der Waals surface area contributed by atoms with Gasteiger partial charge in [0.1, 0.15) is 5.76 Å². The molecule has 31 heavy (non-hydrogen) atoms. The van der Waals surface area contributed by atoms with Gasteiger partial charge in [0.2, 0.25) is 0 Å². The Labute approximate surface area is 193 Å². The van der Waals surface area contributed by atoms with Crippen molar-refractivity contribution >= 4 is 27.7 Å². The number of hydrogen-bond acceptors (Lipinski definition) is 4. The number of anilines is 1. The average molecular weight is 486 g/mol. The number of nitrogens with zero attached hydrogens (tertiary/aromatic N) is 2. The Morgan fingerprint density at radius 2 is 1.90 bits per heavy atom. The van der Waals surface area contributed by atoms with Gasteiger partial charge in [0.25, 0.3) is 0 Å². The molecular formula is C25H32BrN3O2. The summed E-state index contributed by atoms with van der Waals surface area (Å²) in [6.07, 6.45) is 11.7. The third-order valence-electron chi connectivity index (χ3n) is 7.78. The third-order valence-corrected chi connectivity index (χ3v) is 8.47. The SMILES string of the molecule is CN(C(=O)OC1=CC2C3CCC(NC4CCCC4)C3N(C)C2C(Br)=C1)c1ccccc1. The number of carbonyl (C=O) groups is 1. The molecule has 0 aromatic heterocycles. The first kappa shape index (κ1) is 21.2. The number of benzene rings is 1. The second-order valence-electron chi connectivity index (χ2n) is 9.53. The van der Waals surface area contributed by atoms with Gasteiger partial charge in [-0.25, -0.2) is 4.79 Å². The number of rotatable bonds is 4. The van der Waals surface area contributed by atoms with Gasteiger partial charge in [0, 0.05) is 47.3 Å². The smallest absolute Gasteiger partial charge is 0.410 e. The number of para-hydroxylation sites is 1. The minimum absolute atomic E-state index is 0.331. The lowest BCUT2D eigenvalue weighted by Gasteiger charge is -2.33. The van der Waals surface area contributed by atoms with E-state index in [1.54, 1.807) is 11.9 Å². The van der Waals surface area contributed by atoms with Crippen LogP contribution in [0.15, 0.2) is 52.7 Å². The monoisotopic (exact) mass is 485 g/mol. The molecule has 1 aromatic carbocycles. The molecule has 0 radical (unpaired) electrons. The maximum atomic E-state index is 12.7. The Hall–Kier alpha value is -1.63. The maximum Gasteiger partial charge on any atom is 0.419 e. The van der Waals surface area contributed by atoms with Crippen molar-refractivity contribution in [1.82, 2.24) is 10.2 Å². The summed E-state index contributed by atoms with van der Waals surface area (Å²) in [6.45, 7) is 0. The number of amides is 1. The Kier molecular flexibility index (Phi) is 5.97. The van der Waals surface area contributed by atoms with Crippen LogP contribution in [0.2, 0.25) is 0 Å². The van der Waals surface area contributed by atoms with Crippen molar-refractivity contribution < 1.29 is 9.53 Å². The summed E-state index contributed by atoms with van der Waals surface area (Å²) in [6, 6.07) is 11.7. The van der Waals surface area contributed by atoms with E-state index < -0.39 is 0 Å². The van der Waals surface area contributed by atoms with E-state index in [1.165, 1.54) is 38.5 Å². The topological polar surface area (TPSA) is 44.8 Å². The molecule has 1 aliphatic heterocycles. The highest BCUT2D eigenvalue weighted by atomic mass is 79.9. The molecule has 3 aliphatic carbocycles. The van der Waals surface area contributed by atoms with E-state index >= 15 is 0 Å². The minimum atomic E-state index is -0.359. The molecule has 5 unspecified atom stereocenters. The lowest BCUT2D eigenvalue weighted by Crippen LogP contribution is -2.49. The zero-order valence-electron chi connectivity index (χ0n) is 18.3. The predicted octanol–water partition coefficient (Wildman–Crippen LogP) is 5.05. The van der Waals surface area contributed by atoms with Crippen LogP contribution in [0.25, 0.3) is 0 Å². The van der Waals surface area contributed by atoms with E-state index in [0.29, 0.717) is 41.8 Å². The highest BCUT2D eigenvalue weighted by Crippen LogP contribution is 2.50. The molecule has 6 heteroatoms. The Balaban J connectivity index is 1.30. The Morgan fingerprint density at radius 1 is 1.16 bits per heavy atom. The number of fused-ring (bicyclic) bond motifs is 3. The number of hydrogen-bond donors (Lipinski definition) is 1. The summed E-state index contributed by atoms with van der Waals surface area (Å²) in [5.41, 5.74) is 0.821. The second kappa shape index (κ2) is 8.72. The van der Waals surface area contributed by atoms with Gasteiger partial charge < -0.3 is 10.1 Å². The van der Waals surface area contributed by atoms with Crippen LogP contribution < -0.4 is 10.2 Å². The van der Waals surface area contributed by atoms with Gasteiger partial charge in [0.05, 0.1) is 0 Å². The number of likely N-dealkylation sites (N-methyl/N-ethyl adjacent to an activating group) is 1. The molecule has 1 aromatic rings.